The number of anilines is 2. The topological polar surface area (TPSA) is 61.9 Å². The lowest BCUT2D eigenvalue weighted by Gasteiger charge is -2.32. The molecule has 1 aliphatic heterocycles. The van der Waals surface area contributed by atoms with Crippen molar-refractivity contribution < 1.29 is 14.3 Å². The number of rotatable bonds is 10. The molecule has 38 heavy (non-hydrogen) atoms. The SMILES string of the molecule is CCCN(CCC)C(=O)C1Cc2cc(OC(=O)Nc3ccc(C(C)C)cc3)ccc2N1Cc1ccccc1. The third-order valence-corrected chi connectivity index (χ3v) is 6.96. The molecule has 6 nitrogen and oxygen atoms in total. The second-order valence-electron chi connectivity index (χ2n) is 10.2. The second-order valence-corrected chi connectivity index (χ2v) is 10.2. The Hall–Kier alpha value is -3.80. The molecule has 1 aliphatic rings. The van der Waals surface area contributed by atoms with E-state index in [1.807, 2.05) is 59.5 Å². The molecular weight excluding hydrogens is 474 g/mol. The van der Waals surface area contributed by atoms with E-state index in [0.717, 1.165) is 42.7 Å². The molecule has 0 aliphatic carbocycles. The average Bonchev–Trinajstić information content (AvgIpc) is 3.26. The van der Waals surface area contributed by atoms with Crippen molar-refractivity contribution in [1.82, 2.24) is 4.90 Å². The molecule has 0 fully saturated rings. The standard InChI is InChI=1S/C32H39N3O3/c1-5-18-34(19-6-2)31(36)30-21-26-20-28(16-17-29(26)35(30)22-24-10-8-7-9-11-24)38-32(37)33-27-14-12-25(13-15-27)23(3)4/h7-17,20,23,30H,5-6,18-19,21-22H2,1-4H3,(H,33,37). The van der Waals surface area contributed by atoms with Gasteiger partial charge < -0.3 is 14.5 Å². The van der Waals surface area contributed by atoms with Gasteiger partial charge in [0.2, 0.25) is 5.91 Å². The second kappa shape index (κ2) is 12.6. The number of carbonyl (C=O) groups excluding carboxylic acids is 2. The van der Waals surface area contributed by atoms with Crippen LogP contribution in [0.4, 0.5) is 16.2 Å². The lowest BCUT2D eigenvalue weighted by Crippen LogP contribution is -2.47. The lowest BCUT2D eigenvalue weighted by atomic mass is 10.0. The molecule has 0 aromatic heterocycles. The van der Waals surface area contributed by atoms with Gasteiger partial charge in [-0.2, -0.15) is 0 Å². The van der Waals surface area contributed by atoms with Crippen molar-refractivity contribution in [2.75, 3.05) is 23.3 Å². The molecule has 0 radical (unpaired) electrons. The first kappa shape index (κ1) is 27.2. The summed E-state index contributed by atoms with van der Waals surface area (Å²) in [4.78, 5) is 30.5. The molecule has 200 valence electrons. The van der Waals surface area contributed by atoms with Crippen molar-refractivity contribution in [3.8, 4) is 5.75 Å². The fourth-order valence-corrected chi connectivity index (χ4v) is 5.04. The Morgan fingerprint density at radius 1 is 0.974 bits per heavy atom. The molecule has 2 amide bonds. The first-order valence-corrected chi connectivity index (χ1v) is 13.7. The Balaban J connectivity index is 1.52. The van der Waals surface area contributed by atoms with E-state index in [1.165, 1.54) is 5.56 Å². The van der Waals surface area contributed by atoms with E-state index in [0.29, 0.717) is 30.3 Å². The number of fused-ring (bicyclic) bond motifs is 1. The third-order valence-electron chi connectivity index (χ3n) is 6.96. The van der Waals surface area contributed by atoms with Crippen molar-refractivity contribution in [2.24, 2.45) is 0 Å². The van der Waals surface area contributed by atoms with Crippen molar-refractivity contribution in [2.45, 2.75) is 65.5 Å². The molecule has 0 spiro atoms. The number of nitrogens with zero attached hydrogens (tertiary/aromatic N) is 2. The van der Waals surface area contributed by atoms with Gasteiger partial charge in [-0.25, -0.2) is 4.79 Å². The van der Waals surface area contributed by atoms with Crippen LogP contribution in [0.1, 0.15) is 63.1 Å². The van der Waals surface area contributed by atoms with Crippen LogP contribution >= 0.6 is 0 Å². The number of ether oxygens (including phenoxy) is 1. The molecule has 4 rings (SSSR count). The molecular formula is C32H39N3O3. The monoisotopic (exact) mass is 513 g/mol. The Morgan fingerprint density at radius 2 is 1.66 bits per heavy atom. The van der Waals surface area contributed by atoms with Crippen LogP contribution in [0, 0.1) is 0 Å². The molecule has 0 saturated heterocycles. The van der Waals surface area contributed by atoms with E-state index in [9.17, 15) is 9.59 Å². The molecule has 3 aromatic rings. The van der Waals surface area contributed by atoms with Crippen molar-refractivity contribution in [3.05, 3.63) is 89.5 Å². The third kappa shape index (κ3) is 6.55. The van der Waals surface area contributed by atoms with Crippen molar-refractivity contribution in [3.63, 3.8) is 0 Å². The minimum Gasteiger partial charge on any atom is -0.410 e. The van der Waals surface area contributed by atoms with Gasteiger partial charge in [-0.05, 0) is 65.8 Å². The van der Waals surface area contributed by atoms with Crippen LogP contribution in [-0.4, -0.2) is 36.0 Å². The van der Waals surface area contributed by atoms with Gasteiger partial charge in [-0.1, -0.05) is 70.2 Å². The van der Waals surface area contributed by atoms with Gasteiger partial charge in [-0.15, -0.1) is 0 Å². The van der Waals surface area contributed by atoms with Gasteiger partial charge >= 0.3 is 6.09 Å². The first-order valence-electron chi connectivity index (χ1n) is 13.7. The summed E-state index contributed by atoms with van der Waals surface area (Å²) in [5.74, 6) is 1.05. The average molecular weight is 514 g/mol. The summed E-state index contributed by atoms with van der Waals surface area (Å²) in [6.45, 7) is 10.6. The first-order chi connectivity index (χ1) is 18.4. The largest absolute Gasteiger partial charge is 0.417 e. The Kier molecular flexibility index (Phi) is 9.06. The summed E-state index contributed by atoms with van der Waals surface area (Å²) < 4.78 is 5.63. The molecule has 0 bridgehead atoms. The van der Waals surface area contributed by atoms with Crippen LogP contribution in [-0.2, 0) is 17.8 Å². The smallest absolute Gasteiger partial charge is 0.410 e. The van der Waals surface area contributed by atoms with Gasteiger partial charge in [0.25, 0.3) is 0 Å². The van der Waals surface area contributed by atoms with Gasteiger partial charge in [0, 0.05) is 37.4 Å². The number of benzene rings is 3. The van der Waals surface area contributed by atoms with E-state index >= 15 is 0 Å². The number of carbonyl (C=O) groups is 2. The summed E-state index contributed by atoms with van der Waals surface area (Å²) in [7, 11) is 0. The van der Waals surface area contributed by atoms with E-state index in [2.05, 4.69) is 50.0 Å². The summed E-state index contributed by atoms with van der Waals surface area (Å²) >= 11 is 0. The Labute approximate surface area is 226 Å². The van der Waals surface area contributed by atoms with Crippen LogP contribution in [0.15, 0.2) is 72.8 Å². The molecule has 1 heterocycles. The van der Waals surface area contributed by atoms with E-state index in [1.54, 1.807) is 6.07 Å². The minimum atomic E-state index is -0.536. The highest BCUT2D eigenvalue weighted by atomic mass is 16.6. The van der Waals surface area contributed by atoms with Crippen LogP contribution in [0.5, 0.6) is 5.75 Å². The quantitative estimate of drug-likeness (QED) is 0.317. The Bertz CT molecular complexity index is 1220. The van der Waals surface area contributed by atoms with Crippen molar-refractivity contribution >= 4 is 23.4 Å². The molecule has 3 aromatic carbocycles. The maximum atomic E-state index is 13.7. The van der Waals surface area contributed by atoms with Crippen LogP contribution in [0.2, 0.25) is 0 Å². The summed E-state index contributed by atoms with van der Waals surface area (Å²) in [6, 6.07) is 23.4. The molecule has 6 heteroatoms. The highest BCUT2D eigenvalue weighted by Gasteiger charge is 2.37. The summed E-state index contributed by atoms with van der Waals surface area (Å²) in [5, 5.41) is 2.80. The van der Waals surface area contributed by atoms with E-state index in [4.69, 9.17) is 4.74 Å². The van der Waals surface area contributed by atoms with Gasteiger partial charge in [-0.3, -0.25) is 10.1 Å². The van der Waals surface area contributed by atoms with Gasteiger partial charge in [0.1, 0.15) is 11.8 Å². The van der Waals surface area contributed by atoms with Crippen LogP contribution < -0.4 is 15.0 Å². The normalized spacial score (nSPS) is 14.3. The predicted molar refractivity (Wildman–Crippen MR) is 154 cm³/mol. The van der Waals surface area contributed by atoms with E-state index in [-0.39, 0.29) is 11.9 Å². The molecule has 0 saturated carbocycles. The molecule has 1 atom stereocenters. The lowest BCUT2D eigenvalue weighted by molar-refractivity contribution is -0.132. The van der Waals surface area contributed by atoms with Gasteiger partial charge in [0.05, 0.1) is 0 Å². The van der Waals surface area contributed by atoms with E-state index < -0.39 is 6.09 Å². The molecule has 1 N–H and O–H groups in total. The summed E-state index contributed by atoms with van der Waals surface area (Å²) in [5.41, 5.74) is 5.07. The van der Waals surface area contributed by atoms with Crippen LogP contribution in [0.25, 0.3) is 0 Å². The zero-order chi connectivity index (χ0) is 27.1. The maximum absolute atomic E-state index is 13.7. The number of amides is 2. The number of nitrogens with one attached hydrogen (secondary N) is 1. The van der Waals surface area contributed by atoms with Gasteiger partial charge in [0.15, 0.2) is 0 Å². The fourth-order valence-electron chi connectivity index (χ4n) is 5.04. The number of hydrogen-bond donors (Lipinski definition) is 1. The zero-order valence-electron chi connectivity index (χ0n) is 22.9. The summed E-state index contributed by atoms with van der Waals surface area (Å²) in [6.07, 6.45) is 1.90. The minimum absolute atomic E-state index is 0.158. The highest BCUT2D eigenvalue weighted by Crippen LogP contribution is 2.37. The van der Waals surface area contributed by atoms with Crippen LogP contribution in [0.3, 0.4) is 0 Å². The predicted octanol–water partition coefficient (Wildman–Crippen LogP) is 7.00. The fraction of sp³-hybridized carbons (Fsp3) is 0.375. The maximum Gasteiger partial charge on any atom is 0.417 e. The molecule has 1 unspecified atom stereocenters. The highest BCUT2D eigenvalue weighted by molar-refractivity contribution is 5.89. The number of hydrogen-bond acceptors (Lipinski definition) is 4. The Morgan fingerprint density at radius 3 is 2.29 bits per heavy atom. The van der Waals surface area contributed by atoms with Crippen molar-refractivity contribution in [1.29, 1.82) is 0 Å². The zero-order valence-corrected chi connectivity index (χ0v) is 22.9.